The minimum atomic E-state index is -0.547. The highest BCUT2D eigenvalue weighted by molar-refractivity contribution is 9.10. The van der Waals surface area contributed by atoms with Crippen molar-refractivity contribution < 1.29 is 14.6 Å². The number of rotatable bonds is 4. The molecule has 1 aliphatic rings. The van der Waals surface area contributed by atoms with Gasteiger partial charge in [-0.3, -0.25) is 9.59 Å². The number of carbonyl (C=O) groups is 1. The van der Waals surface area contributed by atoms with Crippen LogP contribution in [-0.2, 0) is 4.74 Å². The molecule has 3 rings (SSSR count). The summed E-state index contributed by atoms with van der Waals surface area (Å²) in [5.74, 6) is -0.993. The highest BCUT2D eigenvalue weighted by atomic mass is 79.9. The fraction of sp³-hybridized carbons (Fsp3) is 0.312. The van der Waals surface area contributed by atoms with E-state index in [1.54, 1.807) is 24.3 Å². The fourth-order valence-corrected chi connectivity index (χ4v) is 2.74. The summed E-state index contributed by atoms with van der Waals surface area (Å²) in [6.07, 6.45) is 1.84. The van der Waals surface area contributed by atoms with E-state index in [2.05, 4.69) is 26.3 Å². The van der Waals surface area contributed by atoms with Gasteiger partial charge in [-0.05, 0) is 37.1 Å². The highest BCUT2D eigenvalue weighted by Crippen LogP contribution is 2.16. The number of ether oxygens (including phenoxy) is 1. The van der Waals surface area contributed by atoms with E-state index in [0.29, 0.717) is 18.8 Å². The third-order valence-electron chi connectivity index (χ3n) is 3.71. The van der Waals surface area contributed by atoms with Crippen molar-refractivity contribution in [1.82, 2.24) is 15.1 Å². The van der Waals surface area contributed by atoms with E-state index in [1.807, 2.05) is 0 Å². The number of carbonyl (C=O) groups excluding carboxylic acids is 1. The van der Waals surface area contributed by atoms with E-state index < -0.39 is 17.2 Å². The van der Waals surface area contributed by atoms with Crippen LogP contribution in [0.4, 0.5) is 0 Å². The topological polar surface area (TPSA) is 93.5 Å². The Morgan fingerprint density at radius 3 is 2.83 bits per heavy atom. The van der Waals surface area contributed by atoms with Crippen molar-refractivity contribution >= 4 is 21.8 Å². The van der Waals surface area contributed by atoms with Crippen molar-refractivity contribution in [2.75, 3.05) is 13.2 Å². The molecule has 2 heterocycles. The van der Waals surface area contributed by atoms with Gasteiger partial charge in [0.1, 0.15) is 0 Å². The van der Waals surface area contributed by atoms with Crippen LogP contribution in [0.25, 0.3) is 5.69 Å². The maximum atomic E-state index is 12.3. The van der Waals surface area contributed by atoms with E-state index in [-0.39, 0.29) is 11.8 Å². The number of aromatic hydroxyl groups is 1. The average Bonchev–Trinajstić information content (AvgIpc) is 3.07. The molecule has 0 saturated carbocycles. The molecule has 24 heavy (non-hydrogen) atoms. The van der Waals surface area contributed by atoms with Gasteiger partial charge < -0.3 is 15.2 Å². The Labute approximate surface area is 146 Å². The second kappa shape index (κ2) is 7.14. The molecule has 1 atom stereocenters. The van der Waals surface area contributed by atoms with Crippen molar-refractivity contribution in [3.8, 4) is 11.4 Å². The molecule has 1 saturated heterocycles. The predicted octanol–water partition coefficient (Wildman–Crippen LogP) is 1.61. The third-order valence-corrected chi connectivity index (χ3v) is 4.24. The zero-order valence-electron chi connectivity index (χ0n) is 12.7. The normalized spacial score (nSPS) is 17.0. The Morgan fingerprint density at radius 1 is 1.42 bits per heavy atom. The second-order valence-corrected chi connectivity index (χ2v) is 6.37. The quantitative estimate of drug-likeness (QED) is 0.822. The van der Waals surface area contributed by atoms with Gasteiger partial charge in [-0.2, -0.15) is 9.78 Å². The zero-order chi connectivity index (χ0) is 17.1. The minimum absolute atomic E-state index is 0.0199. The molecular weight excluding hydrogens is 378 g/mol. The van der Waals surface area contributed by atoms with Crippen LogP contribution < -0.4 is 10.9 Å². The lowest BCUT2D eigenvalue weighted by atomic mass is 10.2. The lowest BCUT2D eigenvalue weighted by molar-refractivity contribution is 0.0849. The molecule has 1 aromatic heterocycles. The smallest absolute Gasteiger partial charge is 0.275 e. The molecule has 0 bridgehead atoms. The Bertz CT molecular complexity index is 798. The Balaban J connectivity index is 1.84. The van der Waals surface area contributed by atoms with Crippen molar-refractivity contribution in [2.24, 2.45) is 0 Å². The molecule has 0 spiro atoms. The van der Waals surface area contributed by atoms with Gasteiger partial charge in [0.15, 0.2) is 11.4 Å². The Hall–Kier alpha value is -2.19. The van der Waals surface area contributed by atoms with Crippen molar-refractivity contribution in [3.63, 3.8) is 0 Å². The van der Waals surface area contributed by atoms with E-state index in [1.165, 1.54) is 0 Å². The van der Waals surface area contributed by atoms with Crippen molar-refractivity contribution in [1.29, 1.82) is 0 Å². The standard InChI is InChI=1S/C16H16BrN3O4/c17-10-3-5-11(6-4-10)20-14(22)8-13(21)15(19-20)16(23)18-9-12-2-1-7-24-12/h3-6,8,12,21H,1-2,7,9H2,(H,18,23). The van der Waals surface area contributed by atoms with Crippen LogP contribution in [0.15, 0.2) is 39.6 Å². The average molecular weight is 394 g/mol. The molecule has 8 heteroatoms. The number of nitrogens with one attached hydrogen (secondary N) is 1. The molecule has 7 nitrogen and oxygen atoms in total. The summed E-state index contributed by atoms with van der Waals surface area (Å²) < 4.78 is 7.37. The molecule has 2 N–H and O–H groups in total. The second-order valence-electron chi connectivity index (χ2n) is 5.45. The van der Waals surface area contributed by atoms with Crippen molar-refractivity contribution in [2.45, 2.75) is 18.9 Å². The molecule has 1 aromatic carbocycles. The fourth-order valence-electron chi connectivity index (χ4n) is 2.47. The zero-order valence-corrected chi connectivity index (χ0v) is 14.3. The number of hydrogen-bond acceptors (Lipinski definition) is 5. The number of nitrogens with zero attached hydrogens (tertiary/aromatic N) is 2. The van der Waals surface area contributed by atoms with E-state index in [4.69, 9.17) is 4.74 Å². The van der Waals surface area contributed by atoms with E-state index in [9.17, 15) is 14.7 Å². The molecule has 1 unspecified atom stereocenters. The number of amides is 1. The first-order valence-corrected chi connectivity index (χ1v) is 8.33. The first kappa shape index (κ1) is 16.7. The van der Waals surface area contributed by atoms with Gasteiger partial charge in [0.2, 0.25) is 0 Å². The van der Waals surface area contributed by atoms with Gasteiger partial charge in [-0.1, -0.05) is 15.9 Å². The summed E-state index contributed by atoms with van der Waals surface area (Å²) in [5.41, 5.74) is -0.225. The monoisotopic (exact) mass is 393 g/mol. The molecule has 1 fully saturated rings. The van der Waals surface area contributed by atoms with Crippen LogP contribution in [0, 0.1) is 0 Å². The first-order chi connectivity index (χ1) is 11.5. The summed E-state index contributed by atoms with van der Waals surface area (Å²) in [4.78, 5) is 24.3. The molecular formula is C16H16BrN3O4. The summed E-state index contributed by atoms with van der Waals surface area (Å²) in [6.45, 7) is 1.04. The highest BCUT2D eigenvalue weighted by Gasteiger charge is 2.20. The van der Waals surface area contributed by atoms with Crippen LogP contribution in [-0.4, -0.2) is 40.0 Å². The number of halogens is 1. The van der Waals surface area contributed by atoms with E-state index in [0.717, 1.165) is 28.1 Å². The molecule has 2 aromatic rings. The van der Waals surface area contributed by atoms with Crippen LogP contribution in [0.3, 0.4) is 0 Å². The molecule has 1 aliphatic heterocycles. The van der Waals surface area contributed by atoms with Gasteiger partial charge in [0.25, 0.3) is 11.5 Å². The van der Waals surface area contributed by atoms with Crippen LogP contribution in [0.5, 0.6) is 5.75 Å². The first-order valence-electron chi connectivity index (χ1n) is 7.53. The Morgan fingerprint density at radius 2 is 2.17 bits per heavy atom. The van der Waals surface area contributed by atoms with E-state index >= 15 is 0 Å². The molecule has 0 aliphatic carbocycles. The minimum Gasteiger partial charge on any atom is -0.505 e. The summed E-state index contributed by atoms with van der Waals surface area (Å²) in [7, 11) is 0. The lowest BCUT2D eigenvalue weighted by Gasteiger charge is -2.12. The van der Waals surface area contributed by atoms with Crippen LogP contribution in [0.2, 0.25) is 0 Å². The number of aromatic nitrogens is 2. The van der Waals surface area contributed by atoms with Gasteiger partial charge in [-0.25, -0.2) is 0 Å². The largest absolute Gasteiger partial charge is 0.505 e. The van der Waals surface area contributed by atoms with Crippen LogP contribution in [0.1, 0.15) is 23.3 Å². The molecule has 0 radical (unpaired) electrons. The maximum absolute atomic E-state index is 12.3. The van der Waals surface area contributed by atoms with Gasteiger partial charge in [-0.15, -0.1) is 0 Å². The van der Waals surface area contributed by atoms with Crippen LogP contribution >= 0.6 is 15.9 Å². The third kappa shape index (κ3) is 3.65. The SMILES string of the molecule is O=C(NCC1CCCO1)c1nn(-c2ccc(Br)cc2)c(=O)cc1O. The number of benzene rings is 1. The maximum Gasteiger partial charge on any atom is 0.275 e. The lowest BCUT2D eigenvalue weighted by Crippen LogP contribution is -2.34. The molecule has 1 amide bonds. The number of hydrogen-bond donors (Lipinski definition) is 2. The summed E-state index contributed by atoms with van der Waals surface area (Å²) >= 11 is 3.31. The Kier molecular flexibility index (Phi) is 4.96. The van der Waals surface area contributed by atoms with Gasteiger partial charge in [0.05, 0.1) is 11.8 Å². The van der Waals surface area contributed by atoms with Gasteiger partial charge in [0, 0.05) is 23.7 Å². The molecule has 126 valence electrons. The summed E-state index contributed by atoms with van der Waals surface area (Å²) in [5, 5.41) is 16.6. The van der Waals surface area contributed by atoms with Crippen molar-refractivity contribution in [3.05, 3.63) is 50.9 Å². The predicted molar refractivity (Wildman–Crippen MR) is 90.5 cm³/mol. The van der Waals surface area contributed by atoms with Gasteiger partial charge >= 0.3 is 0 Å². The summed E-state index contributed by atoms with van der Waals surface area (Å²) in [6, 6.07) is 7.87.